The number of aryl methyl sites for hydroxylation is 1. The summed E-state index contributed by atoms with van der Waals surface area (Å²) in [5.74, 6) is 0.196. The number of rotatable bonds is 4. The first-order valence-electron chi connectivity index (χ1n) is 9.94. The number of aromatic nitrogens is 1. The van der Waals surface area contributed by atoms with Gasteiger partial charge < -0.3 is 19.1 Å². The van der Waals surface area contributed by atoms with Crippen LogP contribution in [0.3, 0.4) is 0 Å². The lowest BCUT2D eigenvalue weighted by Gasteiger charge is -2.31. The smallest absolute Gasteiger partial charge is 0.416 e. The second-order valence-corrected chi connectivity index (χ2v) is 7.54. The van der Waals surface area contributed by atoms with Crippen LogP contribution in [0.4, 0.5) is 24.7 Å². The Morgan fingerprint density at radius 1 is 1.28 bits per heavy atom. The zero-order chi connectivity index (χ0) is 22.9. The summed E-state index contributed by atoms with van der Waals surface area (Å²) in [5, 5.41) is 12.0. The second kappa shape index (κ2) is 8.42. The van der Waals surface area contributed by atoms with E-state index in [4.69, 9.17) is 8.83 Å². The van der Waals surface area contributed by atoms with E-state index >= 15 is 0 Å². The SMILES string of the molecule is Cc1ccc(NC(=O)C2CCN(c3oc(-c4ccco4)nc3C#N)CC2)cc1C(F)(F)F. The summed E-state index contributed by atoms with van der Waals surface area (Å²) in [4.78, 5) is 18.6. The van der Waals surface area contributed by atoms with Gasteiger partial charge in [-0.25, -0.2) is 0 Å². The van der Waals surface area contributed by atoms with Gasteiger partial charge >= 0.3 is 6.18 Å². The second-order valence-electron chi connectivity index (χ2n) is 7.54. The number of hydrogen-bond acceptors (Lipinski definition) is 6. The molecule has 1 aliphatic heterocycles. The summed E-state index contributed by atoms with van der Waals surface area (Å²) in [5.41, 5.74) is -0.441. The van der Waals surface area contributed by atoms with Crippen molar-refractivity contribution in [1.29, 1.82) is 5.26 Å². The van der Waals surface area contributed by atoms with Gasteiger partial charge in [-0.2, -0.15) is 23.4 Å². The molecule has 1 aromatic carbocycles. The molecule has 0 spiro atoms. The van der Waals surface area contributed by atoms with Gasteiger partial charge in [-0.1, -0.05) is 6.07 Å². The highest BCUT2D eigenvalue weighted by Gasteiger charge is 2.33. The van der Waals surface area contributed by atoms with Crippen LogP contribution >= 0.6 is 0 Å². The molecule has 3 aromatic rings. The van der Waals surface area contributed by atoms with E-state index in [0.29, 0.717) is 37.6 Å². The summed E-state index contributed by atoms with van der Waals surface area (Å²) in [7, 11) is 0. The third-order valence-corrected chi connectivity index (χ3v) is 5.41. The molecule has 1 aliphatic rings. The molecule has 4 rings (SSSR count). The number of nitrogens with one attached hydrogen (secondary N) is 1. The number of benzene rings is 1. The largest absolute Gasteiger partial charge is 0.459 e. The topological polar surface area (TPSA) is 95.3 Å². The normalized spacial score (nSPS) is 14.9. The number of carbonyl (C=O) groups is 1. The number of furan rings is 1. The monoisotopic (exact) mass is 444 g/mol. The maximum atomic E-state index is 13.1. The lowest BCUT2D eigenvalue weighted by Crippen LogP contribution is -2.38. The predicted molar refractivity (Wildman–Crippen MR) is 109 cm³/mol. The van der Waals surface area contributed by atoms with Crippen LogP contribution in [0.25, 0.3) is 11.7 Å². The van der Waals surface area contributed by atoms with Gasteiger partial charge in [-0.15, -0.1) is 0 Å². The van der Waals surface area contributed by atoms with Crippen LogP contribution in [-0.4, -0.2) is 24.0 Å². The first-order chi connectivity index (χ1) is 15.3. The van der Waals surface area contributed by atoms with Crippen LogP contribution in [0.5, 0.6) is 0 Å². The molecule has 0 atom stereocenters. The molecule has 0 aliphatic carbocycles. The number of piperidine rings is 1. The van der Waals surface area contributed by atoms with Crippen molar-refractivity contribution in [3.63, 3.8) is 0 Å². The molecule has 1 saturated heterocycles. The summed E-state index contributed by atoms with van der Waals surface area (Å²) >= 11 is 0. The number of hydrogen-bond donors (Lipinski definition) is 1. The number of nitriles is 1. The van der Waals surface area contributed by atoms with Crippen molar-refractivity contribution in [3.05, 3.63) is 53.4 Å². The minimum atomic E-state index is -4.49. The van der Waals surface area contributed by atoms with Crippen LogP contribution in [0.1, 0.15) is 29.7 Å². The molecule has 32 heavy (non-hydrogen) atoms. The summed E-state index contributed by atoms with van der Waals surface area (Å²) in [6.45, 7) is 2.24. The number of carbonyl (C=O) groups excluding carboxylic acids is 1. The van der Waals surface area contributed by atoms with Gasteiger partial charge in [0.25, 0.3) is 5.89 Å². The van der Waals surface area contributed by atoms with E-state index < -0.39 is 11.7 Å². The van der Waals surface area contributed by atoms with Gasteiger partial charge in [0.15, 0.2) is 5.76 Å². The van der Waals surface area contributed by atoms with E-state index in [1.807, 2.05) is 11.0 Å². The van der Waals surface area contributed by atoms with Gasteiger partial charge in [-0.3, -0.25) is 4.79 Å². The number of amides is 1. The van der Waals surface area contributed by atoms with Crippen molar-refractivity contribution in [1.82, 2.24) is 4.98 Å². The molecule has 1 N–H and O–H groups in total. The fraction of sp³-hybridized carbons (Fsp3) is 0.318. The molecule has 10 heteroatoms. The Bertz CT molecular complexity index is 1150. The number of oxazole rings is 1. The maximum Gasteiger partial charge on any atom is 0.416 e. The Balaban J connectivity index is 1.41. The Kier molecular flexibility index (Phi) is 5.65. The van der Waals surface area contributed by atoms with Crippen molar-refractivity contribution in [3.8, 4) is 17.7 Å². The Morgan fingerprint density at radius 2 is 2.03 bits per heavy atom. The van der Waals surface area contributed by atoms with Gasteiger partial charge in [0.2, 0.25) is 17.5 Å². The molecular formula is C22H19F3N4O3. The Labute approximate surface area is 181 Å². The van der Waals surface area contributed by atoms with Crippen LogP contribution in [0.2, 0.25) is 0 Å². The molecule has 0 bridgehead atoms. The van der Waals surface area contributed by atoms with Crippen molar-refractivity contribution in [2.24, 2.45) is 5.92 Å². The minimum absolute atomic E-state index is 0.0954. The van der Waals surface area contributed by atoms with E-state index in [1.54, 1.807) is 12.1 Å². The van der Waals surface area contributed by atoms with Crippen LogP contribution in [0.15, 0.2) is 45.4 Å². The predicted octanol–water partition coefficient (Wildman–Crippen LogP) is 4.99. The zero-order valence-corrected chi connectivity index (χ0v) is 17.1. The third-order valence-electron chi connectivity index (χ3n) is 5.41. The minimum Gasteiger partial charge on any atom is -0.459 e. The summed E-state index contributed by atoms with van der Waals surface area (Å²) < 4.78 is 50.3. The molecule has 1 amide bonds. The third kappa shape index (κ3) is 4.32. The molecule has 0 unspecified atom stereocenters. The summed E-state index contributed by atoms with van der Waals surface area (Å²) in [6.07, 6.45) is -2.11. The van der Waals surface area contributed by atoms with Gasteiger partial charge in [0.05, 0.1) is 11.8 Å². The van der Waals surface area contributed by atoms with Crippen molar-refractivity contribution < 1.29 is 26.8 Å². The highest BCUT2D eigenvalue weighted by molar-refractivity contribution is 5.92. The van der Waals surface area contributed by atoms with Crippen LogP contribution < -0.4 is 10.2 Å². The van der Waals surface area contributed by atoms with Gasteiger partial charge in [-0.05, 0) is 49.6 Å². The van der Waals surface area contributed by atoms with E-state index in [1.165, 1.54) is 25.3 Å². The lowest BCUT2D eigenvalue weighted by atomic mass is 9.95. The highest BCUT2D eigenvalue weighted by atomic mass is 19.4. The van der Waals surface area contributed by atoms with Gasteiger partial charge in [0, 0.05) is 24.7 Å². The standard InChI is InChI=1S/C22H19F3N4O3/c1-13-4-5-15(11-16(13)22(23,24)25)27-19(30)14-6-8-29(9-7-14)21-17(12-26)28-20(32-21)18-3-2-10-31-18/h2-5,10-11,14H,6-9H2,1H3,(H,27,30). The zero-order valence-electron chi connectivity index (χ0n) is 17.1. The van der Waals surface area contributed by atoms with Crippen LogP contribution in [0, 0.1) is 24.2 Å². The molecule has 2 aromatic heterocycles. The highest BCUT2D eigenvalue weighted by Crippen LogP contribution is 2.34. The Morgan fingerprint density at radius 3 is 2.66 bits per heavy atom. The van der Waals surface area contributed by atoms with Crippen LogP contribution in [-0.2, 0) is 11.0 Å². The molecule has 0 radical (unpaired) electrons. The van der Waals surface area contributed by atoms with E-state index in [0.717, 1.165) is 6.07 Å². The first-order valence-corrected chi connectivity index (χ1v) is 9.94. The van der Waals surface area contributed by atoms with E-state index in [-0.39, 0.29) is 34.7 Å². The molecule has 7 nitrogen and oxygen atoms in total. The van der Waals surface area contributed by atoms with Crippen molar-refractivity contribution in [2.75, 3.05) is 23.3 Å². The molecule has 3 heterocycles. The molecule has 1 fully saturated rings. The van der Waals surface area contributed by atoms with E-state index in [9.17, 15) is 23.2 Å². The summed E-state index contributed by atoms with van der Waals surface area (Å²) in [6, 6.07) is 9.10. The van der Waals surface area contributed by atoms with E-state index in [2.05, 4.69) is 10.3 Å². The number of anilines is 2. The number of nitrogens with zero attached hydrogens (tertiary/aromatic N) is 3. The number of alkyl halides is 3. The van der Waals surface area contributed by atoms with Crippen molar-refractivity contribution >= 4 is 17.5 Å². The Hall–Kier alpha value is -3.74. The quantitative estimate of drug-likeness (QED) is 0.609. The lowest BCUT2D eigenvalue weighted by molar-refractivity contribution is -0.138. The maximum absolute atomic E-state index is 13.1. The fourth-order valence-corrected chi connectivity index (χ4v) is 3.70. The fourth-order valence-electron chi connectivity index (χ4n) is 3.70. The van der Waals surface area contributed by atoms with Gasteiger partial charge in [0.1, 0.15) is 6.07 Å². The first kappa shape index (κ1) is 21.5. The molecule has 166 valence electrons. The molecule has 0 saturated carbocycles. The number of halogens is 3. The average molecular weight is 444 g/mol. The van der Waals surface area contributed by atoms with Crippen molar-refractivity contribution in [2.45, 2.75) is 25.9 Å². The average Bonchev–Trinajstić information content (AvgIpc) is 3.44. The molecular weight excluding hydrogens is 425 g/mol.